The molecule has 2 heterocycles. The summed E-state index contributed by atoms with van der Waals surface area (Å²) in [6.07, 6.45) is 5.63. The van der Waals surface area contributed by atoms with Gasteiger partial charge in [0.15, 0.2) is 0 Å². The molecule has 6 nitrogen and oxygen atoms in total. The van der Waals surface area contributed by atoms with Gasteiger partial charge in [-0.1, -0.05) is 6.42 Å². The first kappa shape index (κ1) is 19.7. The number of hydrogen-bond acceptors (Lipinski definition) is 6. The van der Waals surface area contributed by atoms with Gasteiger partial charge in [-0.2, -0.15) is 0 Å². The van der Waals surface area contributed by atoms with Gasteiger partial charge in [0.2, 0.25) is 0 Å². The van der Waals surface area contributed by atoms with Crippen LogP contribution in [0, 0.1) is 0 Å². The zero-order chi connectivity index (χ0) is 19.1. The fourth-order valence-electron chi connectivity index (χ4n) is 3.57. The van der Waals surface area contributed by atoms with E-state index in [9.17, 15) is 0 Å². The number of anilines is 2. The smallest absolute Gasteiger partial charge is 0.126 e. The number of methoxy groups -OCH3 is 1. The minimum Gasteiger partial charge on any atom is -0.497 e. The Bertz CT molecular complexity index is 728. The van der Waals surface area contributed by atoms with Gasteiger partial charge in [0.1, 0.15) is 11.6 Å². The predicted molar refractivity (Wildman–Crippen MR) is 114 cm³/mol. The summed E-state index contributed by atoms with van der Waals surface area (Å²) in [4.78, 5) is 7.30. The lowest BCUT2D eigenvalue weighted by atomic mass is 10.1. The van der Waals surface area contributed by atoms with Crippen LogP contribution in [0.25, 0.3) is 10.9 Å². The highest BCUT2D eigenvalue weighted by molar-refractivity contribution is 5.93. The molecule has 0 atom stereocenters. The Morgan fingerprint density at radius 3 is 2.74 bits per heavy atom. The Hall–Kier alpha value is -2.05. The fourth-order valence-corrected chi connectivity index (χ4v) is 3.57. The molecular weight excluding hydrogens is 338 g/mol. The van der Waals surface area contributed by atoms with Crippen molar-refractivity contribution in [3.8, 4) is 5.75 Å². The van der Waals surface area contributed by atoms with Crippen LogP contribution in [0.5, 0.6) is 5.75 Å². The summed E-state index contributed by atoms with van der Waals surface area (Å²) in [7, 11) is 3.89. The van der Waals surface area contributed by atoms with E-state index in [-0.39, 0.29) is 0 Å². The van der Waals surface area contributed by atoms with E-state index in [1.54, 1.807) is 7.11 Å². The highest BCUT2D eigenvalue weighted by atomic mass is 16.5. The van der Waals surface area contributed by atoms with Gasteiger partial charge in [0.25, 0.3) is 0 Å². The van der Waals surface area contributed by atoms with Gasteiger partial charge in [-0.15, -0.1) is 0 Å². The Labute approximate surface area is 162 Å². The van der Waals surface area contributed by atoms with Crippen LogP contribution in [0.15, 0.2) is 24.3 Å². The van der Waals surface area contributed by atoms with Gasteiger partial charge >= 0.3 is 0 Å². The summed E-state index contributed by atoms with van der Waals surface area (Å²) in [5.74, 6) is 1.80. The summed E-state index contributed by atoms with van der Waals surface area (Å²) >= 11 is 0. The van der Waals surface area contributed by atoms with Crippen molar-refractivity contribution in [3.05, 3.63) is 24.3 Å². The van der Waals surface area contributed by atoms with Crippen LogP contribution in [-0.2, 0) is 0 Å². The minimum atomic E-state index is 0.497. The molecule has 0 radical (unpaired) electrons. The maximum Gasteiger partial charge on any atom is 0.126 e. The Morgan fingerprint density at radius 2 is 2.00 bits per heavy atom. The number of likely N-dealkylation sites (tertiary alicyclic amines) is 1. The first-order chi connectivity index (χ1) is 13.2. The second-order valence-electron chi connectivity index (χ2n) is 7.44. The Morgan fingerprint density at radius 1 is 1.19 bits per heavy atom. The molecule has 0 saturated carbocycles. The van der Waals surface area contributed by atoms with Crippen molar-refractivity contribution >= 4 is 22.4 Å². The first-order valence-electron chi connectivity index (χ1n) is 10.1. The van der Waals surface area contributed by atoms with Gasteiger partial charge in [0.05, 0.1) is 18.3 Å². The number of nitrogens with zero attached hydrogens (tertiary/aromatic N) is 2. The number of piperidine rings is 1. The van der Waals surface area contributed by atoms with E-state index < -0.39 is 0 Å². The summed E-state index contributed by atoms with van der Waals surface area (Å²) < 4.78 is 5.47. The normalized spacial score (nSPS) is 15.8. The average molecular weight is 372 g/mol. The maximum absolute atomic E-state index is 5.58. The van der Waals surface area contributed by atoms with Crippen LogP contribution < -0.4 is 21.1 Å². The van der Waals surface area contributed by atoms with Crippen LogP contribution in [0.1, 0.15) is 32.1 Å². The van der Waals surface area contributed by atoms with E-state index in [1.807, 2.05) is 12.1 Å². The molecule has 0 unspecified atom stereocenters. The second kappa shape index (κ2) is 9.76. The van der Waals surface area contributed by atoms with Crippen LogP contribution in [0.4, 0.5) is 11.5 Å². The molecular formula is C21H33N5O. The minimum absolute atomic E-state index is 0.497. The third-order valence-corrected chi connectivity index (χ3v) is 5.27. The standard InChI is InChI=1S/C21H33N5O/c1-26-12-8-17(9-13-26)24-20-7-6-16-14-18(27-2)15-19(21(16)25-20)23-11-5-3-4-10-22/h6-7,14-15,17,23H,3-5,8-13,22H2,1-2H3,(H,24,25). The molecule has 2 aromatic rings. The second-order valence-corrected chi connectivity index (χ2v) is 7.44. The number of rotatable bonds is 9. The lowest BCUT2D eigenvalue weighted by molar-refractivity contribution is 0.263. The van der Waals surface area contributed by atoms with Crippen molar-refractivity contribution in [2.45, 2.75) is 38.1 Å². The van der Waals surface area contributed by atoms with Crippen LogP contribution in [0.2, 0.25) is 0 Å². The molecule has 3 rings (SSSR count). The average Bonchev–Trinajstić information content (AvgIpc) is 2.69. The van der Waals surface area contributed by atoms with E-state index >= 15 is 0 Å². The summed E-state index contributed by atoms with van der Waals surface area (Å²) in [5.41, 5.74) is 7.60. The molecule has 0 bridgehead atoms. The zero-order valence-corrected chi connectivity index (χ0v) is 16.6. The number of ether oxygens (including phenoxy) is 1. The number of fused-ring (bicyclic) bond motifs is 1. The van der Waals surface area contributed by atoms with Gasteiger partial charge in [-0.3, -0.25) is 0 Å². The van der Waals surface area contributed by atoms with Crippen LogP contribution in [0.3, 0.4) is 0 Å². The molecule has 6 heteroatoms. The molecule has 1 aromatic heterocycles. The topological polar surface area (TPSA) is 75.4 Å². The summed E-state index contributed by atoms with van der Waals surface area (Å²) in [5, 5.41) is 8.25. The number of hydrogen-bond donors (Lipinski definition) is 3. The number of aromatic nitrogens is 1. The van der Waals surface area contributed by atoms with Crippen LogP contribution in [-0.4, -0.2) is 56.3 Å². The Balaban J connectivity index is 1.75. The SMILES string of the molecule is COc1cc(NCCCCCN)c2nc(NC3CCN(C)CC3)ccc2c1. The molecule has 148 valence electrons. The van der Waals surface area contributed by atoms with Gasteiger partial charge < -0.3 is 26.0 Å². The molecule has 1 aromatic carbocycles. The molecule has 1 aliphatic rings. The van der Waals surface area contributed by atoms with E-state index in [4.69, 9.17) is 15.5 Å². The van der Waals surface area contributed by atoms with E-state index in [2.05, 4.69) is 34.7 Å². The molecule has 0 amide bonds. The monoisotopic (exact) mass is 371 g/mol. The van der Waals surface area contributed by atoms with Crippen molar-refractivity contribution in [1.82, 2.24) is 9.88 Å². The molecule has 1 saturated heterocycles. The third-order valence-electron chi connectivity index (χ3n) is 5.27. The van der Waals surface area contributed by atoms with Crippen molar-refractivity contribution < 1.29 is 4.74 Å². The molecule has 0 spiro atoms. The fraction of sp³-hybridized carbons (Fsp3) is 0.571. The lowest BCUT2D eigenvalue weighted by Crippen LogP contribution is -2.36. The number of nitrogens with two attached hydrogens (primary N) is 1. The quantitative estimate of drug-likeness (QED) is 0.587. The van der Waals surface area contributed by atoms with E-state index in [0.29, 0.717) is 6.04 Å². The van der Waals surface area contributed by atoms with Crippen molar-refractivity contribution in [2.24, 2.45) is 5.73 Å². The van der Waals surface area contributed by atoms with Crippen molar-refractivity contribution in [3.63, 3.8) is 0 Å². The first-order valence-corrected chi connectivity index (χ1v) is 10.1. The largest absolute Gasteiger partial charge is 0.497 e. The van der Waals surface area contributed by atoms with E-state index in [1.165, 1.54) is 0 Å². The number of pyridine rings is 1. The highest BCUT2D eigenvalue weighted by Gasteiger charge is 2.17. The predicted octanol–water partition coefficient (Wildman–Crippen LogP) is 3.29. The zero-order valence-electron chi connectivity index (χ0n) is 16.6. The van der Waals surface area contributed by atoms with E-state index in [0.717, 1.165) is 86.4 Å². The van der Waals surface area contributed by atoms with Crippen LogP contribution >= 0.6 is 0 Å². The maximum atomic E-state index is 5.58. The number of unbranched alkanes of at least 4 members (excludes halogenated alkanes) is 2. The third kappa shape index (κ3) is 5.47. The van der Waals surface area contributed by atoms with Gasteiger partial charge in [0, 0.05) is 24.0 Å². The Kier molecular flexibility index (Phi) is 7.12. The molecule has 4 N–H and O–H groups in total. The van der Waals surface area contributed by atoms with Gasteiger partial charge in [-0.05, 0) is 70.6 Å². The molecule has 0 aliphatic carbocycles. The molecule has 1 aliphatic heterocycles. The number of benzene rings is 1. The summed E-state index contributed by atoms with van der Waals surface area (Å²) in [6.45, 7) is 3.95. The highest BCUT2D eigenvalue weighted by Crippen LogP contribution is 2.29. The van der Waals surface area contributed by atoms with Crippen molar-refractivity contribution in [1.29, 1.82) is 0 Å². The molecule has 1 fully saturated rings. The molecule has 27 heavy (non-hydrogen) atoms. The number of nitrogens with one attached hydrogen (secondary N) is 2. The van der Waals surface area contributed by atoms with Gasteiger partial charge in [-0.25, -0.2) is 4.98 Å². The van der Waals surface area contributed by atoms with Crippen molar-refractivity contribution in [2.75, 3.05) is 51.0 Å². The lowest BCUT2D eigenvalue weighted by Gasteiger charge is -2.29. The summed E-state index contributed by atoms with van der Waals surface area (Å²) in [6, 6.07) is 8.78.